The summed E-state index contributed by atoms with van der Waals surface area (Å²) >= 11 is 1.60. The molecule has 0 aliphatic rings. The van der Waals surface area contributed by atoms with E-state index >= 15 is 0 Å². The Bertz CT molecular complexity index is 708. The smallest absolute Gasteiger partial charge is 0.240 e. The molecule has 0 radical (unpaired) electrons. The van der Waals surface area contributed by atoms with E-state index in [1.165, 1.54) is 4.88 Å². The summed E-state index contributed by atoms with van der Waals surface area (Å²) in [5.74, 6) is 0. The topological polar surface area (TPSA) is 58.2 Å². The molecule has 21 heavy (non-hydrogen) atoms. The second-order valence-corrected chi connectivity index (χ2v) is 8.06. The third-order valence-electron chi connectivity index (χ3n) is 3.33. The summed E-state index contributed by atoms with van der Waals surface area (Å²) in [7, 11) is -1.63. The minimum atomic E-state index is -3.48. The Labute approximate surface area is 130 Å². The first-order valence-electron chi connectivity index (χ1n) is 6.74. The highest BCUT2D eigenvalue weighted by Crippen LogP contribution is 2.19. The van der Waals surface area contributed by atoms with Crippen molar-refractivity contribution in [1.29, 1.82) is 0 Å². The van der Waals surface area contributed by atoms with Crippen LogP contribution in [0.3, 0.4) is 0 Å². The number of thiophene rings is 1. The van der Waals surface area contributed by atoms with Gasteiger partial charge in [0.2, 0.25) is 10.0 Å². The van der Waals surface area contributed by atoms with Gasteiger partial charge in [-0.15, -0.1) is 11.3 Å². The van der Waals surface area contributed by atoms with Gasteiger partial charge in [-0.1, -0.05) is 12.1 Å². The van der Waals surface area contributed by atoms with Crippen molar-refractivity contribution in [2.75, 3.05) is 7.05 Å². The Morgan fingerprint density at radius 2 is 2.00 bits per heavy atom. The largest absolute Gasteiger partial charge is 0.313 e. The molecule has 0 aliphatic heterocycles. The molecule has 2 rings (SSSR count). The Hall–Kier alpha value is -1.21. The lowest BCUT2D eigenvalue weighted by molar-refractivity contribution is 0.581. The van der Waals surface area contributed by atoms with E-state index < -0.39 is 10.0 Å². The average Bonchev–Trinajstić information content (AvgIpc) is 2.90. The molecule has 0 saturated carbocycles. The van der Waals surface area contributed by atoms with E-state index in [1.54, 1.807) is 29.5 Å². The van der Waals surface area contributed by atoms with Crippen molar-refractivity contribution < 1.29 is 8.42 Å². The normalized spacial score (nSPS) is 13.3. The zero-order valence-corrected chi connectivity index (χ0v) is 14.0. The van der Waals surface area contributed by atoms with Crippen molar-refractivity contribution in [2.45, 2.75) is 31.3 Å². The van der Waals surface area contributed by atoms with Crippen LogP contribution in [0.15, 0.2) is 41.3 Å². The van der Waals surface area contributed by atoms with Gasteiger partial charge in [-0.05, 0) is 50.7 Å². The van der Waals surface area contributed by atoms with E-state index in [9.17, 15) is 8.42 Å². The quantitative estimate of drug-likeness (QED) is 0.859. The van der Waals surface area contributed by atoms with E-state index in [-0.39, 0.29) is 6.04 Å². The fraction of sp³-hybridized carbons (Fsp3) is 0.333. The summed E-state index contributed by atoms with van der Waals surface area (Å²) in [6.45, 7) is 4.32. The highest BCUT2D eigenvalue weighted by atomic mass is 32.2. The molecular formula is C15H20N2O2S2. The highest BCUT2D eigenvalue weighted by Gasteiger charge is 2.15. The first-order valence-corrected chi connectivity index (χ1v) is 9.04. The minimum absolute atomic E-state index is 0.111. The fourth-order valence-corrected chi connectivity index (χ4v) is 3.93. The highest BCUT2D eigenvalue weighted by molar-refractivity contribution is 7.89. The monoisotopic (exact) mass is 324 g/mol. The molecule has 1 heterocycles. The third kappa shape index (κ3) is 4.14. The van der Waals surface area contributed by atoms with Gasteiger partial charge in [-0.2, -0.15) is 0 Å². The van der Waals surface area contributed by atoms with E-state index in [1.807, 2.05) is 39.1 Å². The average molecular weight is 324 g/mol. The molecule has 0 amide bonds. The molecule has 0 fully saturated rings. The first kappa shape index (κ1) is 16.2. The molecular weight excluding hydrogens is 304 g/mol. The van der Waals surface area contributed by atoms with Crippen LogP contribution in [0.25, 0.3) is 0 Å². The summed E-state index contributed by atoms with van der Waals surface area (Å²) < 4.78 is 27.3. The van der Waals surface area contributed by atoms with Gasteiger partial charge in [0, 0.05) is 22.3 Å². The molecule has 6 heteroatoms. The summed E-state index contributed by atoms with van der Waals surface area (Å²) in [6, 6.07) is 11.1. The molecule has 1 aromatic heterocycles. The van der Waals surface area contributed by atoms with Crippen LogP contribution in [0, 0.1) is 6.92 Å². The van der Waals surface area contributed by atoms with Gasteiger partial charge in [-0.25, -0.2) is 13.1 Å². The Morgan fingerprint density at radius 3 is 2.62 bits per heavy atom. The Morgan fingerprint density at radius 1 is 1.24 bits per heavy atom. The standard InChI is InChI=1S/C15H20N2O2S2/c1-11-7-8-14(20-11)10-17-21(18,19)15-6-4-5-13(9-15)12(2)16-3/h4-9,12,16-17H,10H2,1-3H3. The molecule has 4 nitrogen and oxygen atoms in total. The number of hydrogen-bond donors (Lipinski definition) is 2. The number of aryl methyl sites for hydroxylation is 1. The second kappa shape index (κ2) is 6.70. The lowest BCUT2D eigenvalue weighted by Gasteiger charge is -2.12. The summed E-state index contributed by atoms with van der Waals surface area (Å²) in [5.41, 5.74) is 0.951. The number of rotatable bonds is 6. The van der Waals surface area contributed by atoms with Gasteiger partial charge in [0.15, 0.2) is 0 Å². The van der Waals surface area contributed by atoms with Gasteiger partial charge in [0.1, 0.15) is 0 Å². The maximum atomic E-state index is 12.3. The van der Waals surface area contributed by atoms with Gasteiger partial charge in [0.25, 0.3) is 0 Å². The van der Waals surface area contributed by atoms with Crippen LogP contribution in [0.4, 0.5) is 0 Å². The lowest BCUT2D eigenvalue weighted by atomic mass is 10.1. The van der Waals surface area contributed by atoms with Gasteiger partial charge in [0.05, 0.1) is 4.90 Å². The number of nitrogens with one attached hydrogen (secondary N) is 2. The molecule has 1 aromatic carbocycles. The van der Waals surface area contributed by atoms with Crippen molar-refractivity contribution >= 4 is 21.4 Å². The molecule has 2 aromatic rings. The van der Waals surface area contributed by atoms with Crippen LogP contribution < -0.4 is 10.0 Å². The maximum Gasteiger partial charge on any atom is 0.240 e. The molecule has 1 unspecified atom stereocenters. The number of hydrogen-bond acceptors (Lipinski definition) is 4. The lowest BCUT2D eigenvalue weighted by Crippen LogP contribution is -2.23. The number of benzene rings is 1. The van der Waals surface area contributed by atoms with Crippen molar-refractivity contribution in [2.24, 2.45) is 0 Å². The van der Waals surface area contributed by atoms with Crippen LogP contribution in [0.2, 0.25) is 0 Å². The second-order valence-electron chi connectivity index (χ2n) is 4.92. The Balaban J connectivity index is 2.15. The molecule has 2 N–H and O–H groups in total. The zero-order chi connectivity index (χ0) is 15.5. The maximum absolute atomic E-state index is 12.3. The Kier molecular flexibility index (Phi) is 5.16. The van der Waals surface area contributed by atoms with Crippen molar-refractivity contribution in [3.63, 3.8) is 0 Å². The van der Waals surface area contributed by atoms with Gasteiger partial charge < -0.3 is 5.32 Å². The molecule has 0 bridgehead atoms. The van der Waals surface area contributed by atoms with Crippen LogP contribution in [0.5, 0.6) is 0 Å². The molecule has 0 aliphatic carbocycles. The zero-order valence-electron chi connectivity index (χ0n) is 12.4. The van der Waals surface area contributed by atoms with E-state index in [0.29, 0.717) is 11.4 Å². The molecule has 0 spiro atoms. The van der Waals surface area contributed by atoms with Crippen LogP contribution in [-0.4, -0.2) is 15.5 Å². The van der Waals surface area contributed by atoms with Crippen molar-refractivity contribution in [1.82, 2.24) is 10.0 Å². The van der Waals surface area contributed by atoms with Gasteiger partial charge in [-0.3, -0.25) is 0 Å². The predicted octanol–water partition coefficient (Wildman–Crippen LogP) is 2.82. The SMILES string of the molecule is CNC(C)c1cccc(S(=O)(=O)NCc2ccc(C)s2)c1. The van der Waals surface area contributed by atoms with Crippen molar-refractivity contribution in [3.8, 4) is 0 Å². The minimum Gasteiger partial charge on any atom is -0.313 e. The van der Waals surface area contributed by atoms with Crippen LogP contribution >= 0.6 is 11.3 Å². The summed E-state index contributed by atoms with van der Waals surface area (Å²) in [6.07, 6.45) is 0. The van der Waals surface area contributed by atoms with E-state index in [4.69, 9.17) is 0 Å². The molecule has 114 valence electrons. The fourth-order valence-electron chi connectivity index (χ4n) is 1.95. The molecule has 0 saturated heterocycles. The predicted molar refractivity (Wildman–Crippen MR) is 87.0 cm³/mol. The molecule has 1 atom stereocenters. The number of sulfonamides is 1. The van der Waals surface area contributed by atoms with Crippen molar-refractivity contribution in [3.05, 3.63) is 51.7 Å². The summed E-state index contributed by atoms with van der Waals surface area (Å²) in [4.78, 5) is 2.49. The van der Waals surface area contributed by atoms with Crippen LogP contribution in [-0.2, 0) is 16.6 Å². The first-order chi connectivity index (χ1) is 9.92. The van der Waals surface area contributed by atoms with Gasteiger partial charge >= 0.3 is 0 Å². The third-order valence-corrected chi connectivity index (χ3v) is 5.73. The van der Waals surface area contributed by atoms with E-state index in [2.05, 4.69) is 10.0 Å². The summed E-state index contributed by atoms with van der Waals surface area (Å²) in [5, 5.41) is 3.11. The van der Waals surface area contributed by atoms with Crippen LogP contribution in [0.1, 0.15) is 28.3 Å². The van der Waals surface area contributed by atoms with E-state index in [0.717, 1.165) is 10.4 Å².